The molecule has 0 radical (unpaired) electrons. The van der Waals surface area contributed by atoms with E-state index < -0.39 is 6.09 Å². The largest absolute Gasteiger partial charge is 0.464 e. The minimum Gasteiger partial charge on any atom is -0.464 e. The van der Waals surface area contributed by atoms with Gasteiger partial charge < -0.3 is 10.0 Å². The van der Waals surface area contributed by atoms with Gasteiger partial charge in [-0.2, -0.15) is 0 Å². The molecule has 124 valence electrons. The zero-order valence-electron chi connectivity index (χ0n) is 13.9. The van der Waals surface area contributed by atoms with Gasteiger partial charge in [0.15, 0.2) is 0 Å². The van der Waals surface area contributed by atoms with E-state index >= 15 is 0 Å². The zero-order chi connectivity index (χ0) is 16.2. The Morgan fingerprint density at radius 1 is 1.26 bits per heavy atom. The van der Waals surface area contributed by atoms with Gasteiger partial charge in [-0.1, -0.05) is 31.5 Å². The molecule has 1 aromatic carbocycles. The molecule has 4 heteroatoms. The molecule has 23 heavy (non-hydrogen) atoms. The van der Waals surface area contributed by atoms with E-state index in [1.807, 2.05) is 18.2 Å². The first-order chi connectivity index (χ1) is 11.2. The summed E-state index contributed by atoms with van der Waals surface area (Å²) in [5.74, 6) is 0.663. The number of carboxylic acid groups (broad SMARTS) is 1. The van der Waals surface area contributed by atoms with Gasteiger partial charge in [0.05, 0.1) is 5.52 Å². The van der Waals surface area contributed by atoms with Gasteiger partial charge >= 0.3 is 6.09 Å². The molecule has 0 saturated carbocycles. The fraction of sp³-hybridized carbons (Fsp3) is 0.526. The van der Waals surface area contributed by atoms with Crippen LogP contribution < -0.4 is 0 Å². The molecule has 4 nitrogen and oxygen atoms in total. The third-order valence-corrected chi connectivity index (χ3v) is 5.04. The number of piperidine rings is 1. The molecule has 1 aliphatic rings. The van der Waals surface area contributed by atoms with Crippen LogP contribution in [0.3, 0.4) is 0 Å². The molecule has 0 unspecified atom stereocenters. The minimum absolute atomic E-state index is 0.663. The normalized spacial score (nSPS) is 16.9. The highest BCUT2D eigenvalue weighted by atomic mass is 16.4. The number of unbranched alkanes of at least 4 members (excludes halogenated alkanes) is 1. The maximum absolute atomic E-state index is 11.4. The van der Waals surface area contributed by atoms with Gasteiger partial charge in [-0.05, 0) is 62.9 Å². The first-order valence-electron chi connectivity index (χ1n) is 8.73. The van der Waals surface area contributed by atoms with Gasteiger partial charge in [0, 0.05) is 11.6 Å². The standard InChI is InChI=1S/C19H26N2O2/c1-2-3-10-20-11-7-15(8-12-20)14-17-6-4-5-16-9-13-21(18(16)17)19(22)23/h4-6,9,13,15H,2-3,7-8,10-12,14H2,1H3,(H,22,23). The second kappa shape index (κ2) is 7.18. The van der Waals surface area contributed by atoms with Crippen LogP contribution in [0.4, 0.5) is 4.79 Å². The third-order valence-electron chi connectivity index (χ3n) is 5.04. The molecule has 1 N–H and O–H groups in total. The quantitative estimate of drug-likeness (QED) is 0.898. The van der Waals surface area contributed by atoms with Crippen molar-refractivity contribution in [2.24, 2.45) is 5.92 Å². The van der Waals surface area contributed by atoms with Gasteiger partial charge in [-0.25, -0.2) is 4.79 Å². The number of para-hydroxylation sites is 1. The van der Waals surface area contributed by atoms with Crippen LogP contribution in [0.25, 0.3) is 10.9 Å². The van der Waals surface area contributed by atoms with E-state index in [2.05, 4.69) is 17.9 Å². The van der Waals surface area contributed by atoms with Crippen LogP contribution in [0.15, 0.2) is 30.5 Å². The summed E-state index contributed by atoms with van der Waals surface area (Å²) < 4.78 is 1.36. The van der Waals surface area contributed by atoms with Crippen molar-refractivity contribution < 1.29 is 9.90 Å². The Balaban J connectivity index is 1.70. The Morgan fingerprint density at radius 2 is 2.04 bits per heavy atom. The van der Waals surface area contributed by atoms with Gasteiger partial charge in [0.2, 0.25) is 0 Å². The molecule has 3 rings (SSSR count). The van der Waals surface area contributed by atoms with Crippen molar-refractivity contribution in [3.8, 4) is 0 Å². The smallest absolute Gasteiger partial charge is 0.416 e. The SMILES string of the molecule is CCCCN1CCC(Cc2cccc3ccn(C(=O)O)c23)CC1. The summed E-state index contributed by atoms with van der Waals surface area (Å²) in [7, 11) is 0. The van der Waals surface area contributed by atoms with Crippen LogP contribution >= 0.6 is 0 Å². The summed E-state index contributed by atoms with van der Waals surface area (Å²) >= 11 is 0. The Labute approximate surface area is 137 Å². The van der Waals surface area contributed by atoms with Crippen LogP contribution in [-0.4, -0.2) is 40.3 Å². The van der Waals surface area contributed by atoms with Crippen molar-refractivity contribution in [1.82, 2.24) is 9.47 Å². The molecule has 0 spiro atoms. The van der Waals surface area contributed by atoms with Crippen LogP contribution in [0.1, 0.15) is 38.2 Å². The van der Waals surface area contributed by atoms with Crippen molar-refractivity contribution in [1.29, 1.82) is 0 Å². The van der Waals surface area contributed by atoms with Crippen LogP contribution in [0, 0.1) is 5.92 Å². The third kappa shape index (κ3) is 3.58. The lowest BCUT2D eigenvalue weighted by atomic mass is 9.89. The molecule has 0 bridgehead atoms. The molecule has 2 heterocycles. The van der Waals surface area contributed by atoms with Crippen LogP contribution in [0.2, 0.25) is 0 Å². The number of hydrogen-bond donors (Lipinski definition) is 1. The van der Waals surface area contributed by atoms with Crippen molar-refractivity contribution in [3.63, 3.8) is 0 Å². The van der Waals surface area contributed by atoms with E-state index in [4.69, 9.17) is 0 Å². The predicted molar refractivity (Wildman–Crippen MR) is 93.1 cm³/mol. The molecule has 1 aromatic heterocycles. The second-order valence-corrected chi connectivity index (χ2v) is 6.67. The van der Waals surface area contributed by atoms with Crippen LogP contribution in [0.5, 0.6) is 0 Å². The van der Waals surface area contributed by atoms with E-state index in [0.717, 1.165) is 17.3 Å². The Bertz CT molecular complexity index is 669. The zero-order valence-corrected chi connectivity index (χ0v) is 13.9. The number of likely N-dealkylation sites (tertiary alicyclic amines) is 1. The Kier molecular flexibility index (Phi) is 5.01. The average molecular weight is 314 g/mol. The first kappa shape index (κ1) is 16.1. The van der Waals surface area contributed by atoms with Crippen molar-refractivity contribution in [3.05, 3.63) is 36.0 Å². The lowest BCUT2D eigenvalue weighted by Crippen LogP contribution is -2.35. The van der Waals surface area contributed by atoms with Crippen molar-refractivity contribution in [2.75, 3.05) is 19.6 Å². The summed E-state index contributed by atoms with van der Waals surface area (Å²) in [6.45, 7) is 5.83. The van der Waals surface area contributed by atoms with Gasteiger partial charge in [0.25, 0.3) is 0 Å². The van der Waals surface area contributed by atoms with Gasteiger partial charge in [-0.3, -0.25) is 4.57 Å². The maximum atomic E-state index is 11.4. The summed E-state index contributed by atoms with van der Waals surface area (Å²) in [6.07, 6.45) is 6.72. The second-order valence-electron chi connectivity index (χ2n) is 6.67. The maximum Gasteiger partial charge on any atom is 0.416 e. The number of fused-ring (bicyclic) bond motifs is 1. The summed E-state index contributed by atoms with van der Waals surface area (Å²) in [5.41, 5.74) is 2.04. The van der Waals surface area contributed by atoms with Crippen molar-refractivity contribution in [2.45, 2.75) is 39.0 Å². The number of benzene rings is 1. The van der Waals surface area contributed by atoms with Crippen molar-refractivity contribution >= 4 is 17.0 Å². The molecule has 2 aromatic rings. The fourth-order valence-electron chi connectivity index (χ4n) is 3.70. The molecular formula is C19H26N2O2. The number of carbonyl (C=O) groups is 1. The van der Waals surface area contributed by atoms with E-state index in [9.17, 15) is 9.90 Å². The average Bonchev–Trinajstić information content (AvgIpc) is 2.99. The number of nitrogens with zero attached hydrogens (tertiary/aromatic N) is 2. The number of hydrogen-bond acceptors (Lipinski definition) is 2. The van der Waals surface area contributed by atoms with E-state index in [0.29, 0.717) is 5.92 Å². The topological polar surface area (TPSA) is 45.5 Å². The first-order valence-corrected chi connectivity index (χ1v) is 8.73. The van der Waals surface area contributed by atoms with Gasteiger partial charge in [-0.15, -0.1) is 0 Å². The lowest BCUT2D eigenvalue weighted by Gasteiger charge is -2.32. The summed E-state index contributed by atoms with van der Waals surface area (Å²) in [4.78, 5) is 14.0. The molecule has 1 saturated heterocycles. The number of rotatable bonds is 5. The van der Waals surface area contributed by atoms with E-state index in [1.54, 1.807) is 6.20 Å². The lowest BCUT2D eigenvalue weighted by molar-refractivity contribution is 0.182. The highest BCUT2D eigenvalue weighted by molar-refractivity contribution is 5.91. The Morgan fingerprint density at radius 3 is 2.74 bits per heavy atom. The predicted octanol–water partition coefficient (Wildman–Crippen LogP) is 4.22. The highest BCUT2D eigenvalue weighted by Crippen LogP contribution is 2.27. The molecule has 0 amide bonds. The summed E-state index contributed by atoms with van der Waals surface area (Å²) in [6, 6.07) is 8.01. The van der Waals surface area contributed by atoms with Crippen LogP contribution in [-0.2, 0) is 6.42 Å². The molecule has 0 aliphatic carbocycles. The fourth-order valence-corrected chi connectivity index (χ4v) is 3.70. The van der Waals surface area contributed by atoms with E-state index in [1.165, 1.54) is 55.4 Å². The summed E-state index contributed by atoms with van der Waals surface area (Å²) in [5, 5.41) is 10.4. The van der Waals surface area contributed by atoms with Gasteiger partial charge in [0.1, 0.15) is 0 Å². The minimum atomic E-state index is -0.901. The molecular weight excluding hydrogens is 288 g/mol. The molecule has 1 aliphatic heterocycles. The monoisotopic (exact) mass is 314 g/mol. The molecule has 1 fully saturated rings. The Hall–Kier alpha value is -1.81. The number of aromatic nitrogens is 1. The highest BCUT2D eigenvalue weighted by Gasteiger charge is 2.21. The molecule has 0 atom stereocenters. The van der Waals surface area contributed by atoms with E-state index in [-0.39, 0.29) is 0 Å².